The first-order chi connectivity index (χ1) is 10.3. The molecule has 3 rings (SSSR count). The summed E-state index contributed by atoms with van der Waals surface area (Å²) in [6.45, 7) is 5.39. The molecule has 1 amide bonds. The van der Waals surface area contributed by atoms with Gasteiger partial charge in [-0.2, -0.15) is 0 Å². The Morgan fingerprint density at radius 1 is 1.43 bits per heavy atom. The van der Waals surface area contributed by atoms with E-state index >= 15 is 0 Å². The molecule has 5 nitrogen and oxygen atoms in total. The number of nitrogens with zero attached hydrogens (tertiary/aromatic N) is 2. The molecule has 0 bridgehead atoms. The molecule has 0 saturated carbocycles. The van der Waals surface area contributed by atoms with Gasteiger partial charge in [0.05, 0.1) is 23.4 Å². The molecule has 1 saturated heterocycles. The average Bonchev–Trinajstić information content (AvgIpc) is 3.08. The Morgan fingerprint density at radius 2 is 2.24 bits per heavy atom. The summed E-state index contributed by atoms with van der Waals surface area (Å²) in [5.74, 6) is 0.0166. The van der Waals surface area contributed by atoms with Crippen molar-refractivity contribution in [2.45, 2.75) is 6.42 Å². The maximum atomic E-state index is 12.2. The molecule has 3 heterocycles. The van der Waals surface area contributed by atoms with Crippen molar-refractivity contribution < 1.29 is 9.53 Å². The van der Waals surface area contributed by atoms with E-state index < -0.39 is 0 Å². The molecule has 0 unspecified atom stereocenters. The van der Waals surface area contributed by atoms with Gasteiger partial charge in [0.15, 0.2) is 0 Å². The Morgan fingerprint density at radius 3 is 3.00 bits per heavy atom. The Hall–Kier alpha value is -1.37. The molecule has 0 spiro atoms. The normalized spacial score (nSPS) is 16.4. The lowest BCUT2D eigenvalue weighted by atomic mass is 10.3. The third-order valence-electron chi connectivity index (χ3n) is 3.94. The quantitative estimate of drug-likeness (QED) is 0.855. The fourth-order valence-corrected chi connectivity index (χ4v) is 3.54. The Balaban J connectivity index is 1.47. The Labute approximate surface area is 128 Å². The van der Waals surface area contributed by atoms with E-state index in [1.54, 1.807) is 11.3 Å². The van der Waals surface area contributed by atoms with E-state index in [0.717, 1.165) is 61.7 Å². The summed E-state index contributed by atoms with van der Waals surface area (Å²) >= 11 is 1.67. The second-order valence-corrected chi connectivity index (χ2v) is 6.27. The first-order valence-electron chi connectivity index (χ1n) is 7.37. The molecule has 1 aliphatic heterocycles. The van der Waals surface area contributed by atoms with Crippen LogP contribution in [-0.2, 0) is 11.8 Å². The number of aromatic nitrogens is 1. The summed E-state index contributed by atoms with van der Waals surface area (Å²) in [4.78, 5) is 14.6. The minimum absolute atomic E-state index is 0.0166. The Kier molecular flexibility index (Phi) is 4.57. The summed E-state index contributed by atoms with van der Waals surface area (Å²) in [7, 11) is 1.94. The number of hydrogen-bond donors (Lipinski definition) is 1. The van der Waals surface area contributed by atoms with Crippen LogP contribution in [0.25, 0.3) is 10.2 Å². The van der Waals surface area contributed by atoms with Crippen LogP contribution < -0.4 is 5.32 Å². The lowest BCUT2D eigenvalue weighted by Crippen LogP contribution is -2.38. The summed E-state index contributed by atoms with van der Waals surface area (Å²) in [6, 6.07) is 4.02. The number of nitrogens with one attached hydrogen (secondary N) is 1. The van der Waals surface area contributed by atoms with E-state index in [1.165, 1.54) is 0 Å². The van der Waals surface area contributed by atoms with Crippen molar-refractivity contribution in [3.63, 3.8) is 0 Å². The molecular formula is C15H21N3O2S. The number of hydrogen-bond acceptors (Lipinski definition) is 4. The molecule has 2 aromatic heterocycles. The number of ether oxygens (including phenoxy) is 1. The lowest BCUT2D eigenvalue weighted by Gasteiger charge is -2.26. The van der Waals surface area contributed by atoms with Gasteiger partial charge in [-0.1, -0.05) is 0 Å². The SMILES string of the molecule is Cn1c(C(=O)NCCCN2CCOCC2)cc2sccc21. The van der Waals surface area contributed by atoms with Crippen molar-refractivity contribution in [2.75, 3.05) is 39.4 Å². The molecule has 21 heavy (non-hydrogen) atoms. The van der Waals surface area contributed by atoms with Gasteiger partial charge in [-0.05, 0) is 30.5 Å². The van der Waals surface area contributed by atoms with E-state index in [4.69, 9.17) is 4.74 Å². The van der Waals surface area contributed by atoms with Crippen LogP contribution in [0.1, 0.15) is 16.9 Å². The molecule has 1 aliphatic rings. The van der Waals surface area contributed by atoms with E-state index in [0.29, 0.717) is 0 Å². The Bertz CT molecular complexity index is 613. The number of aryl methyl sites for hydroxylation is 1. The fraction of sp³-hybridized carbons (Fsp3) is 0.533. The second kappa shape index (κ2) is 6.60. The summed E-state index contributed by atoms with van der Waals surface area (Å²) < 4.78 is 8.45. The molecule has 2 aromatic rings. The highest BCUT2D eigenvalue weighted by Gasteiger charge is 2.14. The summed E-state index contributed by atoms with van der Waals surface area (Å²) in [5.41, 5.74) is 1.86. The van der Waals surface area contributed by atoms with E-state index in [9.17, 15) is 4.79 Å². The largest absolute Gasteiger partial charge is 0.379 e. The van der Waals surface area contributed by atoms with Gasteiger partial charge in [0, 0.05) is 26.7 Å². The molecule has 1 fully saturated rings. The van der Waals surface area contributed by atoms with E-state index in [1.807, 2.05) is 17.7 Å². The zero-order chi connectivity index (χ0) is 14.7. The molecular weight excluding hydrogens is 286 g/mol. The minimum atomic E-state index is 0.0166. The average molecular weight is 307 g/mol. The fourth-order valence-electron chi connectivity index (χ4n) is 2.69. The predicted octanol–water partition coefficient (Wildman–Crippen LogP) is 1.69. The van der Waals surface area contributed by atoms with Crippen molar-refractivity contribution in [3.8, 4) is 0 Å². The van der Waals surface area contributed by atoms with Crippen molar-refractivity contribution in [1.82, 2.24) is 14.8 Å². The molecule has 6 heteroatoms. The van der Waals surface area contributed by atoms with E-state index in [2.05, 4.69) is 21.7 Å². The first kappa shape index (κ1) is 14.6. The number of fused-ring (bicyclic) bond motifs is 1. The number of morpholine rings is 1. The molecule has 0 atom stereocenters. The third-order valence-corrected chi connectivity index (χ3v) is 4.79. The summed E-state index contributed by atoms with van der Waals surface area (Å²) in [5, 5.41) is 5.07. The van der Waals surface area contributed by atoms with Crippen molar-refractivity contribution in [2.24, 2.45) is 7.05 Å². The van der Waals surface area contributed by atoms with Crippen LogP contribution in [0.15, 0.2) is 17.5 Å². The zero-order valence-electron chi connectivity index (χ0n) is 12.3. The van der Waals surface area contributed by atoms with Crippen molar-refractivity contribution in [1.29, 1.82) is 0 Å². The molecule has 1 N–H and O–H groups in total. The standard InChI is InChI=1S/C15H21N3O2S/c1-17-12-3-10-21-14(12)11-13(17)15(19)16-4-2-5-18-6-8-20-9-7-18/h3,10-11H,2,4-9H2,1H3,(H,16,19). The smallest absolute Gasteiger partial charge is 0.267 e. The van der Waals surface area contributed by atoms with Crippen molar-refractivity contribution >= 4 is 27.5 Å². The predicted molar refractivity (Wildman–Crippen MR) is 85.0 cm³/mol. The van der Waals surface area contributed by atoms with Crippen LogP contribution >= 0.6 is 11.3 Å². The first-order valence-corrected chi connectivity index (χ1v) is 8.25. The monoisotopic (exact) mass is 307 g/mol. The molecule has 0 radical (unpaired) electrons. The van der Waals surface area contributed by atoms with Gasteiger partial charge < -0.3 is 14.6 Å². The topological polar surface area (TPSA) is 46.5 Å². The van der Waals surface area contributed by atoms with Gasteiger partial charge in [-0.25, -0.2) is 0 Å². The van der Waals surface area contributed by atoms with Crippen LogP contribution in [0.4, 0.5) is 0 Å². The molecule has 114 valence electrons. The lowest BCUT2D eigenvalue weighted by molar-refractivity contribution is 0.0374. The van der Waals surface area contributed by atoms with Gasteiger partial charge in [-0.3, -0.25) is 9.69 Å². The summed E-state index contributed by atoms with van der Waals surface area (Å²) in [6.07, 6.45) is 0.977. The highest BCUT2D eigenvalue weighted by molar-refractivity contribution is 7.17. The molecule has 0 aliphatic carbocycles. The number of amides is 1. The van der Waals surface area contributed by atoms with Crippen LogP contribution in [0.5, 0.6) is 0 Å². The van der Waals surface area contributed by atoms with E-state index in [-0.39, 0.29) is 5.91 Å². The molecule has 0 aromatic carbocycles. The van der Waals surface area contributed by atoms with Crippen molar-refractivity contribution in [3.05, 3.63) is 23.2 Å². The maximum Gasteiger partial charge on any atom is 0.267 e. The van der Waals surface area contributed by atoms with Gasteiger partial charge >= 0.3 is 0 Å². The van der Waals surface area contributed by atoms with Crippen LogP contribution in [0.2, 0.25) is 0 Å². The number of carbonyl (C=O) groups excluding carboxylic acids is 1. The zero-order valence-corrected chi connectivity index (χ0v) is 13.1. The number of rotatable bonds is 5. The van der Waals surface area contributed by atoms with Gasteiger partial charge in [-0.15, -0.1) is 11.3 Å². The number of thiophene rings is 1. The minimum Gasteiger partial charge on any atom is -0.379 e. The van der Waals surface area contributed by atoms with Gasteiger partial charge in [0.1, 0.15) is 5.69 Å². The number of carbonyl (C=O) groups is 1. The van der Waals surface area contributed by atoms with Gasteiger partial charge in [0.2, 0.25) is 0 Å². The maximum absolute atomic E-state index is 12.2. The van der Waals surface area contributed by atoms with Crippen LogP contribution in [0.3, 0.4) is 0 Å². The second-order valence-electron chi connectivity index (χ2n) is 5.32. The third kappa shape index (κ3) is 3.28. The van der Waals surface area contributed by atoms with Crippen LogP contribution in [0, 0.1) is 0 Å². The highest BCUT2D eigenvalue weighted by atomic mass is 32.1. The van der Waals surface area contributed by atoms with Crippen LogP contribution in [-0.4, -0.2) is 54.8 Å². The highest BCUT2D eigenvalue weighted by Crippen LogP contribution is 2.23. The van der Waals surface area contributed by atoms with Gasteiger partial charge in [0.25, 0.3) is 5.91 Å².